The maximum atomic E-state index is 12.7. The summed E-state index contributed by atoms with van der Waals surface area (Å²) in [5.41, 5.74) is 0.248. The van der Waals surface area contributed by atoms with Crippen LogP contribution in [-0.4, -0.2) is 62.3 Å². The Hall–Kier alpha value is -2.49. The minimum atomic E-state index is -4.10. The molecule has 1 atom stereocenters. The molecular weight excluding hydrogens is 480 g/mol. The van der Waals surface area contributed by atoms with E-state index in [2.05, 4.69) is 4.90 Å². The van der Waals surface area contributed by atoms with Gasteiger partial charge in [-0.3, -0.25) is 4.90 Å². The van der Waals surface area contributed by atoms with Gasteiger partial charge in [0.25, 0.3) is 0 Å². The SMILES string of the molecule is Cc1cc(OC(C)N2CCN(C(=O)OC(C)(C)C)CC2)cc(OS(=O)(=O)c2ccccc2Cl)c1. The van der Waals surface area contributed by atoms with Crippen LogP contribution in [0.15, 0.2) is 47.4 Å². The molecule has 0 spiro atoms. The summed E-state index contributed by atoms with van der Waals surface area (Å²) < 4.78 is 42.2. The molecule has 0 N–H and O–H groups in total. The second-order valence-corrected chi connectivity index (χ2v) is 11.1. The second-order valence-electron chi connectivity index (χ2n) is 9.17. The largest absolute Gasteiger partial charge is 0.475 e. The summed E-state index contributed by atoms with van der Waals surface area (Å²) in [5.74, 6) is 0.614. The zero-order valence-electron chi connectivity index (χ0n) is 20.1. The number of aryl methyl sites for hydroxylation is 1. The zero-order chi connectivity index (χ0) is 25.1. The number of benzene rings is 2. The van der Waals surface area contributed by atoms with Crippen LogP contribution in [0, 0.1) is 6.92 Å². The summed E-state index contributed by atoms with van der Waals surface area (Å²) in [5, 5.41) is 0.0887. The summed E-state index contributed by atoms with van der Waals surface area (Å²) in [7, 11) is -4.10. The van der Waals surface area contributed by atoms with Gasteiger partial charge >= 0.3 is 16.2 Å². The molecule has 0 saturated carbocycles. The molecule has 1 aliphatic heterocycles. The number of nitrogens with zero attached hydrogens (tertiary/aromatic N) is 2. The van der Waals surface area contributed by atoms with E-state index in [4.69, 9.17) is 25.3 Å². The molecule has 1 fully saturated rings. The van der Waals surface area contributed by atoms with Gasteiger partial charge in [-0.25, -0.2) is 4.79 Å². The molecule has 1 saturated heterocycles. The molecule has 0 aliphatic carbocycles. The fourth-order valence-electron chi connectivity index (χ4n) is 3.52. The van der Waals surface area contributed by atoms with E-state index in [-0.39, 0.29) is 28.0 Å². The number of carbonyl (C=O) groups excluding carboxylic acids is 1. The monoisotopic (exact) mass is 510 g/mol. The number of hydrogen-bond acceptors (Lipinski definition) is 7. The number of ether oxygens (including phenoxy) is 2. The molecule has 0 radical (unpaired) electrons. The van der Waals surface area contributed by atoms with Crippen molar-refractivity contribution in [2.75, 3.05) is 26.2 Å². The van der Waals surface area contributed by atoms with Crippen molar-refractivity contribution < 1.29 is 26.9 Å². The second kappa shape index (κ2) is 10.4. The van der Waals surface area contributed by atoms with Crippen LogP contribution in [0.2, 0.25) is 5.02 Å². The smallest absolute Gasteiger partial charge is 0.410 e. The van der Waals surface area contributed by atoms with Crippen molar-refractivity contribution in [1.29, 1.82) is 0 Å². The lowest BCUT2D eigenvalue weighted by Crippen LogP contribution is -2.53. The van der Waals surface area contributed by atoms with E-state index in [0.29, 0.717) is 31.9 Å². The highest BCUT2D eigenvalue weighted by Gasteiger charge is 2.28. The summed E-state index contributed by atoms with van der Waals surface area (Å²) in [6.45, 7) is 11.6. The Morgan fingerprint density at radius 1 is 1.03 bits per heavy atom. The van der Waals surface area contributed by atoms with Crippen molar-refractivity contribution in [3.8, 4) is 11.5 Å². The highest BCUT2D eigenvalue weighted by atomic mass is 35.5. The first-order valence-electron chi connectivity index (χ1n) is 11.0. The van der Waals surface area contributed by atoms with Crippen LogP contribution in [0.1, 0.15) is 33.3 Å². The molecule has 2 aromatic rings. The van der Waals surface area contributed by atoms with Crippen LogP contribution < -0.4 is 8.92 Å². The van der Waals surface area contributed by atoms with Crippen LogP contribution in [0.25, 0.3) is 0 Å². The Morgan fingerprint density at radius 3 is 2.26 bits per heavy atom. The standard InChI is InChI=1S/C24H31ClN2O6S/c1-17-14-19(16-20(15-17)33-34(29,30)22-9-7-6-8-21(22)25)31-18(2)26-10-12-27(13-11-26)23(28)32-24(3,4)5/h6-9,14-16,18H,10-13H2,1-5H3. The average molecular weight is 511 g/mol. The maximum absolute atomic E-state index is 12.7. The van der Waals surface area contributed by atoms with Crippen molar-refractivity contribution in [2.45, 2.75) is 51.3 Å². The number of halogens is 1. The van der Waals surface area contributed by atoms with Gasteiger partial charge in [0.1, 0.15) is 28.2 Å². The fraction of sp³-hybridized carbons (Fsp3) is 0.458. The molecule has 1 aliphatic rings. The molecule has 1 heterocycles. The Balaban J connectivity index is 1.63. The van der Waals surface area contributed by atoms with Crippen LogP contribution in [-0.2, 0) is 14.9 Å². The van der Waals surface area contributed by atoms with Gasteiger partial charge in [-0.05, 0) is 64.4 Å². The molecule has 1 unspecified atom stereocenters. The number of rotatable bonds is 6. The fourth-order valence-corrected chi connectivity index (χ4v) is 4.93. The lowest BCUT2D eigenvalue weighted by molar-refractivity contribution is -0.0150. The molecule has 2 aromatic carbocycles. The Morgan fingerprint density at radius 2 is 1.65 bits per heavy atom. The number of piperazine rings is 1. The Kier molecular flexibility index (Phi) is 8.00. The van der Waals surface area contributed by atoms with Crippen molar-refractivity contribution in [2.24, 2.45) is 0 Å². The van der Waals surface area contributed by atoms with Gasteiger partial charge in [-0.1, -0.05) is 23.7 Å². The summed E-state index contributed by atoms with van der Waals surface area (Å²) in [4.78, 5) is 16.0. The predicted molar refractivity (Wildman–Crippen MR) is 130 cm³/mol. The molecule has 0 aromatic heterocycles. The van der Waals surface area contributed by atoms with Gasteiger partial charge < -0.3 is 18.6 Å². The van der Waals surface area contributed by atoms with Crippen LogP contribution >= 0.6 is 11.6 Å². The number of carbonyl (C=O) groups is 1. The third kappa shape index (κ3) is 7.01. The van der Waals surface area contributed by atoms with E-state index in [9.17, 15) is 13.2 Å². The molecule has 1 amide bonds. The van der Waals surface area contributed by atoms with Crippen molar-refractivity contribution in [3.63, 3.8) is 0 Å². The first kappa shape index (κ1) is 26.1. The number of hydrogen-bond donors (Lipinski definition) is 0. The molecule has 0 bridgehead atoms. The predicted octanol–water partition coefficient (Wildman–Crippen LogP) is 4.69. The number of amides is 1. The van der Waals surface area contributed by atoms with Gasteiger partial charge in [0.2, 0.25) is 0 Å². The first-order valence-corrected chi connectivity index (χ1v) is 12.8. The summed E-state index contributed by atoms with van der Waals surface area (Å²) >= 11 is 6.03. The van der Waals surface area contributed by atoms with E-state index in [1.165, 1.54) is 18.2 Å². The Labute approximate surface area is 206 Å². The molecule has 8 nitrogen and oxygen atoms in total. The van der Waals surface area contributed by atoms with E-state index in [0.717, 1.165) is 5.56 Å². The maximum Gasteiger partial charge on any atom is 0.410 e. The van der Waals surface area contributed by atoms with Gasteiger partial charge in [0.15, 0.2) is 0 Å². The van der Waals surface area contributed by atoms with E-state index in [1.807, 2.05) is 40.7 Å². The van der Waals surface area contributed by atoms with Crippen LogP contribution in [0.5, 0.6) is 11.5 Å². The summed E-state index contributed by atoms with van der Waals surface area (Å²) in [6, 6.07) is 11.1. The lowest BCUT2D eigenvalue weighted by atomic mass is 10.2. The normalized spacial score (nSPS) is 16.1. The van der Waals surface area contributed by atoms with Crippen molar-refractivity contribution >= 4 is 27.8 Å². The topological polar surface area (TPSA) is 85.4 Å². The average Bonchev–Trinajstić information content (AvgIpc) is 2.72. The molecular formula is C24H31ClN2O6S. The first-order chi connectivity index (χ1) is 15.8. The molecule has 3 rings (SSSR count). The minimum Gasteiger partial charge on any atom is -0.475 e. The van der Waals surface area contributed by atoms with Gasteiger partial charge in [0, 0.05) is 32.2 Å². The lowest BCUT2D eigenvalue weighted by Gasteiger charge is -2.38. The van der Waals surface area contributed by atoms with Crippen molar-refractivity contribution in [1.82, 2.24) is 9.80 Å². The summed E-state index contributed by atoms with van der Waals surface area (Å²) in [6.07, 6.45) is -0.614. The van der Waals surface area contributed by atoms with Gasteiger partial charge in [0.05, 0.1) is 5.02 Å². The molecule has 34 heavy (non-hydrogen) atoms. The van der Waals surface area contributed by atoms with E-state index >= 15 is 0 Å². The zero-order valence-corrected chi connectivity index (χ0v) is 21.6. The molecule has 186 valence electrons. The van der Waals surface area contributed by atoms with Gasteiger partial charge in [-0.2, -0.15) is 8.42 Å². The van der Waals surface area contributed by atoms with Crippen molar-refractivity contribution in [3.05, 3.63) is 53.1 Å². The highest BCUT2D eigenvalue weighted by molar-refractivity contribution is 7.87. The third-order valence-electron chi connectivity index (χ3n) is 5.12. The van der Waals surface area contributed by atoms with E-state index < -0.39 is 15.7 Å². The van der Waals surface area contributed by atoms with Crippen LogP contribution in [0.4, 0.5) is 4.79 Å². The van der Waals surface area contributed by atoms with E-state index in [1.54, 1.807) is 23.1 Å². The third-order valence-corrected chi connectivity index (χ3v) is 6.87. The quantitative estimate of drug-likeness (QED) is 0.521. The molecule has 10 heteroatoms. The Bertz CT molecular complexity index is 1120. The van der Waals surface area contributed by atoms with Gasteiger partial charge in [-0.15, -0.1) is 0 Å². The highest BCUT2D eigenvalue weighted by Crippen LogP contribution is 2.29. The van der Waals surface area contributed by atoms with Crippen LogP contribution in [0.3, 0.4) is 0 Å². The minimum absolute atomic E-state index is 0.0887.